The van der Waals surface area contributed by atoms with Crippen molar-refractivity contribution in [3.05, 3.63) is 51.9 Å². The maximum atomic E-state index is 13.1. The molecule has 2 aliphatic rings. The van der Waals surface area contributed by atoms with Crippen LogP contribution < -0.4 is 11.1 Å². The van der Waals surface area contributed by atoms with Crippen molar-refractivity contribution in [2.75, 3.05) is 11.9 Å². The Morgan fingerprint density at radius 2 is 1.73 bits per heavy atom. The van der Waals surface area contributed by atoms with Gasteiger partial charge in [-0.15, -0.1) is 11.3 Å². The van der Waals surface area contributed by atoms with E-state index in [0.717, 1.165) is 61.8 Å². The van der Waals surface area contributed by atoms with Crippen molar-refractivity contribution in [1.82, 2.24) is 4.90 Å². The Kier molecular flexibility index (Phi) is 6.18. The fourth-order valence-electron chi connectivity index (χ4n) is 4.56. The van der Waals surface area contributed by atoms with Gasteiger partial charge in [0.05, 0.1) is 5.56 Å². The molecule has 0 atom stereocenters. The molecule has 6 nitrogen and oxygen atoms in total. The lowest BCUT2D eigenvalue weighted by molar-refractivity contribution is -0.117. The molecule has 1 aromatic carbocycles. The van der Waals surface area contributed by atoms with Gasteiger partial charge in [0, 0.05) is 16.5 Å². The van der Waals surface area contributed by atoms with E-state index in [9.17, 15) is 14.4 Å². The molecule has 30 heavy (non-hydrogen) atoms. The highest BCUT2D eigenvalue weighted by molar-refractivity contribution is 7.17. The van der Waals surface area contributed by atoms with Gasteiger partial charge in [-0.2, -0.15) is 0 Å². The predicted molar refractivity (Wildman–Crippen MR) is 118 cm³/mol. The van der Waals surface area contributed by atoms with Gasteiger partial charge < -0.3 is 16.0 Å². The molecule has 3 N–H and O–H groups in total. The first kappa shape index (κ1) is 20.6. The summed E-state index contributed by atoms with van der Waals surface area (Å²) in [5.41, 5.74) is 7.66. The second-order valence-corrected chi connectivity index (χ2v) is 9.17. The molecule has 3 amide bonds. The molecule has 0 bridgehead atoms. The van der Waals surface area contributed by atoms with Gasteiger partial charge in [-0.3, -0.25) is 14.4 Å². The molecule has 4 rings (SSSR count). The molecule has 0 spiro atoms. The molecule has 0 saturated heterocycles. The molecule has 158 valence electrons. The molecule has 1 saturated carbocycles. The van der Waals surface area contributed by atoms with Gasteiger partial charge in [-0.05, 0) is 56.2 Å². The third kappa shape index (κ3) is 4.26. The van der Waals surface area contributed by atoms with Crippen LogP contribution in [0, 0.1) is 0 Å². The van der Waals surface area contributed by atoms with Crippen molar-refractivity contribution in [3.8, 4) is 0 Å². The van der Waals surface area contributed by atoms with Crippen LogP contribution in [0.3, 0.4) is 0 Å². The average Bonchev–Trinajstić information content (AvgIpc) is 3.39. The largest absolute Gasteiger partial charge is 0.365 e. The average molecular weight is 426 g/mol. The predicted octanol–water partition coefficient (Wildman–Crippen LogP) is 3.75. The summed E-state index contributed by atoms with van der Waals surface area (Å²) in [4.78, 5) is 41.0. The SMILES string of the molecule is NC(=O)c1c(NC(=O)CN(C(=O)c2ccccc2)C2CCCC2)sc2c1CCCC2. The summed E-state index contributed by atoms with van der Waals surface area (Å²) in [5, 5.41) is 3.42. The number of aryl methyl sites for hydroxylation is 1. The number of carbonyl (C=O) groups is 3. The van der Waals surface area contributed by atoms with Crippen molar-refractivity contribution < 1.29 is 14.4 Å². The minimum atomic E-state index is -0.502. The van der Waals surface area contributed by atoms with E-state index in [4.69, 9.17) is 5.73 Å². The monoisotopic (exact) mass is 425 g/mol. The summed E-state index contributed by atoms with van der Waals surface area (Å²) < 4.78 is 0. The van der Waals surface area contributed by atoms with Gasteiger partial charge in [-0.25, -0.2) is 0 Å². The third-order valence-electron chi connectivity index (χ3n) is 6.03. The van der Waals surface area contributed by atoms with Crippen LogP contribution in [0.5, 0.6) is 0 Å². The molecule has 0 aliphatic heterocycles. The lowest BCUT2D eigenvalue weighted by Gasteiger charge is -2.28. The zero-order valence-corrected chi connectivity index (χ0v) is 17.8. The van der Waals surface area contributed by atoms with Gasteiger partial charge in [0.1, 0.15) is 11.5 Å². The number of fused-ring (bicyclic) bond motifs is 1. The van der Waals surface area contributed by atoms with Crippen molar-refractivity contribution in [3.63, 3.8) is 0 Å². The third-order valence-corrected chi connectivity index (χ3v) is 7.24. The number of benzene rings is 1. The summed E-state index contributed by atoms with van der Waals surface area (Å²) in [6.07, 6.45) is 7.79. The van der Waals surface area contributed by atoms with Crippen LogP contribution in [0.25, 0.3) is 0 Å². The summed E-state index contributed by atoms with van der Waals surface area (Å²) in [6, 6.07) is 9.15. The van der Waals surface area contributed by atoms with Crippen LogP contribution in [0.2, 0.25) is 0 Å². The van der Waals surface area contributed by atoms with Crippen molar-refractivity contribution >= 4 is 34.1 Å². The number of nitrogens with one attached hydrogen (secondary N) is 1. The van der Waals surface area contributed by atoms with E-state index in [2.05, 4.69) is 5.32 Å². The molecular formula is C23H27N3O3S. The second-order valence-electron chi connectivity index (χ2n) is 8.06. The van der Waals surface area contributed by atoms with E-state index >= 15 is 0 Å². The molecule has 1 aromatic heterocycles. The van der Waals surface area contributed by atoms with Gasteiger partial charge in [0.2, 0.25) is 5.91 Å². The number of rotatable bonds is 6. The fourth-order valence-corrected chi connectivity index (χ4v) is 5.88. The highest BCUT2D eigenvalue weighted by Crippen LogP contribution is 2.38. The molecule has 2 aliphatic carbocycles. The number of hydrogen-bond acceptors (Lipinski definition) is 4. The fraction of sp³-hybridized carbons (Fsp3) is 0.435. The van der Waals surface area contributed by atoms with E-state index in [1.807, 2.05) is 18.2 Å². The van der Waals surface area contributed by atoms with Crippen LogP contribution in [0.4, 0.5) is 5.00 Å². The number of primary amides is 1. The maximum absolute atomic E-state index is 13.1. The van der Waals surface area contributed by atoms with E-state index in [-0.39, 0.29) is 24.4 Å². The Hall–Kier alpha value is -2.67. The molecule has 1 heterocycles. The Balaban J connectivity index is 1.54. The van der Waals surface area contributed by atoms with Crippen LogP contribution in [0.1, 0.15) is 69.7 Å². The second kappa shape index (κ2) is 9.00. The zero-order chi connectivity index (χ0) is 21.1. The maximum Gasteiger partial charge on any atom is 0.254 e. The highest BCUT2D eigenvalue weighted by atomic mass is 32.1. The lowest BCUT2D eigenvalue weighted by Crippen LogP contribution is -2.43. The molecular weight excluding hydrogens is 398 g/mol. The van der Waals surface area contributed by atoms with Gasteiger partial charge in [0.25, 0.3) is 11.8 Å². The van der Waals surface area contributed by atoms with Gasteiger partial charge >= 0.3 is 0 Å². The van der Waals surface area contributed by atoms with Crippen molar-refractivity contribution in [1.29, 1.82) is 0 Å². The number of amides is 3. The van der Waals surface area contributed by atoms with Gasteiger partial charge in [0.15, 0.2) is 0 Å². The topological polar surface area (TPSA) is 92.5 Å². The first-order valence-corrected chi connectivity index (χ1v) is 11.5. The van der Waals surface area contributed by atoms with E-state index in [1.54, 1.807) is 17.0 Å². The zero-order valence-electron chi connectivity index (χ0n) is 17.0. The standard InChI is InChI=1S/C23H27N3O3S/c24-21(28)20-17-12-6-7-13-18(17)30-22(20)25-19(27)14-26(16-10-4-5-11-16)23(29)15-8-2-1-3-9-15/h1-3,8-9,16H,4-7,10-14H2,(H2,24,28)(H,25,27). The van der Waals surface area contributed by atoms with Crippen molar-refractivity contribution in [2.45, 2.75) is 57.4 Å². The number of carbonyl (C=O) groups excluding carboxylic acids is 3. The van der Waals surface area contributed by atoms with Gasteiger partial charge in [-0.1, -0.05) is 31.0 Å². The number of anilines is 1. The Morgan fingerprint density at radius 3 is 2.43 bits per heavy atom. The molecule has 1 fully saturated rings. The lowest BCUT2D eigenvalue weighted by atomic mass is 9.95. The Labute approximate surface area is 180 Å². The normalized spacial score (nSPS) is 16.1. The summed E-state index contributed by atoms with van der Waals surface area (Å²) in [7, 11) is 0. The summed E-state index contributed by atoms with van der Waals surface area (Å²) in [5.74, 6) is -0.914. The number of nitrogens with zero attached hydrogens (tertiary/aromatic N) is 1. The summed E-state index contributed by atoms with van der Waals surface area (Å²) in [6.45, 7) is -0.0286. The molecule has 0 radical (unpaired) electrons. The van der Waals surface area contributed by atoms with Crippen LogP contribution >= 0.6 is 11.3 Å². The molecule has 2 aromatic rings. The number of hydrogen-bond donors (Lipinski definition) is 2. The van der Waals surface area contributed by atoms with E-state index in [0.29, 0.717) is 16.1 Å². The Bertz CT molecular complexity index is 948. The summed E-state index contributed by atoms with van der Waals surface area (Å²) >= 11 is 1.45. The molecule has 7 heteroatoms. The first-order valence-electron chi connectivity index (χ1n) is 10.6. The smallest absolute Gasteiger partial charge is 0.254 e. The quantitative estimate of drug-likeness (QED) is 0.738. The van der Waals surface area contributed by atoms with Crippen molar-refractivity contribution in [2.24, 2.45) is 5.73 Å². The molecule has 0 unspecified atom stereocenters. The van der Waals surface area contributed by atoms with E-state index < -0.39 is 5.91 Å². The van der Waals surface area contributed by atoms with E-state index in [1.165, 1.54) is 11.3 Å². The van der Waals surface area contributed by atoms with Crippen LogP contribution in [0.15, 0.2) is 30.3 Å². The number of thiophene rings is 1. The first-order chi connectivity index (χ1) is 14.5. The minimum absolute atomic E-state index is 0.0286. The highest BCUT2D eigenvalue weighted by Gasteiger charge is 2.30. The van der Waals surface area contributed by atoms with Crippen LogP contribution in [-0.2, 0) is 17.6 Å². The minimum Gasteiger partial charge on any atom is -0.365 e. The number of nitrogens with two attached hydrogens (primary N) is 1. The Morgan fingerprint density at radius 1 is 1.03 bits per heavy atom. The van der Waals surface area contributed by atoms with Crippen LogP contribution in [-0.4, -0.2) is 35.2 Å².